The van der Waals surface area contributed by atoms with Crippen molar-refractivity contribution in [2.75, 3.05) is 20.1 Å². The Morgan fingerprint density at radius 2 is 1.80 bits per heavy atom. The summed E-state index contributed by atoms with van der Waals surface area (Å²) in [5, 5.41) is 9.20. The lowest BCUT2D eigenvalue weighted by molar-refractivity contribution is 0.0947. The van der Waals surface area contributed by atoms with Crippen LogP contribution in [-0.4, -0.2) is 40.9 Å². The van der Waals surface area contributed by atoms with E-state index in [1.165, 1.54) is 17.7 Å². The van der Waals surface area contributed by atoms with E-state index in [1.54, 1.807) is 24.5 Å². The van der Waals surface area contributed by atoms with Crippen LogP contribution in [-0.2, 0) is 6.42 Å². The number of pyridine rings is 1. The molecule has 4 nitrogen and oxygen atoms in total. The lowest BCUT2D eigenvalue weighted by atomic mass is 10.1. The predicted octanol–water partition coefficient (Wildman–Crippen LogP) is 2.14. The van der Waals surface area contributed by atoms with Crippen LogP contribution >= 0.6 is 0 Å². The second kappa shape index (κ2) is 6.82. The van der Waals surface area contributed by atoms with Crippen LogP contribution in [0.4, 0.5) is 0 Å². The molecule has 1 heterocycles. The van der Waals surface area contributed by atoms with Crippen molar-refractivity contribution in [2.24, 2.45) is 0 Å². The van der Waals surface area contributed by atoms with Crippen LogP contribution in [0.5, 0.6) is 5.75 Å². The summed E-state index contributed by atoms with van der Waals surface area (Å²) in [6.07, 6.45) is 4.44. The molecule has 0 aliphatic heterocycles. The van der Waals surface area contributed by atoms with Crippen molar-refractivity contribution < 1.29 is 9.90 Å². The van der Waals surface area contributed by atoms with Gasteiger partial charge in [0, 0.05) is 24.5 Å². The van der Waals surface area contributed by atoms with Crippen molar-refractivity contribution in [2.45, 2.75) is 6.42 Å². The molecule has 0 spiro atoms. The maximum atomic E-state index is 12.0. The zero-order chi connectivity index (χ0) is 14.4. The highest BCUT2D eigenvalue weighted by Crippen LogP contribution is 2.10. The first-order valence-electron chi connectivity index (χ1n) is 6.55. The van der Waals surface area contributed by atoms with Gasteiger partial charge in [0.15, 0.2) is 5.78 Å². The van der Waals surface area contributed by atoms with Gasteiger partial charge in [0.2, 0.25) is 0 Å². The number of ketones is 1. The third-order valence-corrected chi connectivity index (χ3v) is 3.13. The third kappa shape index (κ3) is 4.17. The van der Waals surface area contributed by atoms with Crippen LogP contribution in [0.1, 0.15) is 15.9 Å². The van der Waals surface area contributed by atoms with Crippen molar-refractivity contribution in [1.82, 2.24) is 9.88 Å². The molecular weight excluding hydrogens is 252 g/mol. The number of likely N-dealkylation sites (N-methyl/N-ethyl adjacent to an activating group) is 1. The Bertz CT molecular complexity index is 552. The van der Waals surface area contributed by atoms with E-state index < -0.39 is 0 Å². The number of hydrogen-bond donors (Lipinski definition) is 1. The van der Waals surface area contributed by atoms with Crippen molar-refractivity contribution in [3.8, 4) is 5.75 Å². The number of phenolic OH excluding ortho intramolecular Hbond substituents is 1. The lowest BCUT2D eigenvalue weighted by Gasteiger charge is -2.15. The lowest BCUT2D eigenvalue weighted by Crippen LogP contribution is -2.28. The van der Waals surface area contributed by atoms with Gasteiger partial charge in [0.25, 0.3) is 0 Å². The number of nitrogens with zero attached hydrogens (tertiary/aromatic N) is 2. The molecule has 4 heteroatoms. The fourth-order valence-electron chi connectivity index (χ4n) is 1.93. The molecule has 0 radical (unpaired) electrons. The van der Waals surface area contributed by atoms with Gasteiger partial charge < -0.3 is 5.11 Å². The van der Waals surface area contributed by atoms with Gasteiger partial charge in [-0.2, -0.15) is 0 Å². The smallest absolute Gasteiger partial charge is 0.176 e. The molecule has 0 aliphatic rings. The number of carbonyl (C=O) groups is 1. The summed E-state index contributed by atoms with van der Waals surface area (Å²) in [5.41, 5.74) is 1.84. The first-order valence-corrected chi connectivity index (χ1v) is 6.55. The van der Waals surface area contributed by atoms with Crippen LogP contribution in [0.25, 0.3) is 0 Å². The molecule has 0 bridgehead atoms. The largest absolute Gasteiger partial charge is 0.508 e. The number of aromatic hydroxyl groups is 1. The summed E-state index contributed by atoms with van der Waals surface area (Å²) in [5.74, 6) is 0.231. The maximum Gasteiger partial charge on any atom is 0.176 e. The third-order valence-electron chi connectivity index (χ3n) is 3.13. The molecule has 2 aromatic rings. The van der Waals surface area contributed by atoms with Crippen LogP contribution in [0.2, 0.25) is 0 Å². The number of Topliss-reactive ketones (excluding diaryl/α,β-unsaturated/α-hetero) is 1. The van der Waals surface area contributed by atoms with E-state index in [1.807, 2.05) is 24.1 Å². The second-order valence-electron chi connectivity index (χ2n) is 4.81. The summed E-state index contributed by atoms with van der Waals surface area (Å²) >= 11 is 0. The van der Waals surface area contributed by atoms with Gasteiger partial charge in [-0.3, -0.25) is 14.7 Å². The average molecular weight is 270 g/mol. The van der Waals surface area contributed by atoms with Crippen LogP contribution in [0, 0.1) is 0 Å². The maximum absolute atomic E-state index is 12.0. The minimum atomic E-state index is 0.0576. The normalized spacial score (nSPS) is 10.7. The molecule has 0 amide bonds. The summed E-state index contributed by atoms with van der Waals surface area (Å²) in [4.78, 5) is 18.0. The highest BCUT2D eigenvalue weighted by Gasteiger charge is 2.09. The topological polar surface area (TPSA) is 53.4 Å². The molecule has 1 N–H and O–H groups in total. The van der Waals surface area contributed by atoms with Gasteiger partial charge in [-0.15, -0.1) is 0 Å². The second-order valence-corrected chi connectivity index (χ2v) is 4.81. The average Bonchev–Trinajstić information content (AvgIpc) is 2.47. The minimum absolute atomic E-state index is 0.0576. The Labute approximate surface area is 118 Å². The number of rotatable bonds is 6. The highest BCUT2D eigenvalue weighted by molar-refractivity contribution is 5.97. The summed E-state index contributed by atoms with van der Waals surface area (Å²) in [6, 6.07) is 10.3. The van der Waals surface area contributed by atoms with E-state index in [0.717, 1.165) is 13.0 Å². The Morgan fingerprint density at radius 1 is 1.15 bits per heavy atom. The highest BCUT2D eigenvalue weighted by atomic mass is 16.3. The Hall–Kier alpha value is -2.20. The summed E-state index contributed by atoms with van der Waals surface area (Å²) < 4.78 is 0. The molecule has 20 heavy (non-hydrogen) atoms. The Balaban J connectivity index is 1.83. The first-order chi connectivity index (χ1) is 9.65. The molecular formula is C16H18N2O2. The molecule has 2 rings (SSSR count). The van der Waals surface area contributed by atoms with E-state index in [4.69, 9.17) is 0 Å². The Morgan fingerprint density at radius 3 is 2.45 bits per heavy atom. The number of carbonyl (C=O) groups excluding carboxylic acids is 1. The molecule has 0 aliphatic carbocycles. The SMILES string of the molecule is CN(CCc1ccncc1)CC(=O)c1ccc(O)cc1. The number of phenols is 1. The van der Waals surface area contributed by atoms with E-state index in [0.29, 0.717) is 12.1 Å². The van der Waals surface area contributed by atoms with E-state index in [9.17, 15) is 9.90 Å². The van der Waals surface area contributed by atoms with Gasteiger partial charge >= 0.3 is 0 Å². The Kier molecular flexibility index (Phi) is 4.85. The van der Waals surface area contributed by atoms with Crippen molar-refractivity contribution in [1.29, 1.82) is 0 Å². The molecule has 0 saturated carbocycles. The van der Waals surface area contributed by atoms with Crippen LogP contribution in [0.15, 0.2) is 48.8 Å². The van der Waals surface area contributed by atoms with E-state index in [-0.39, 0.29) is 11.5 Å². The van der Waals surface area contributed by atoms with Crippen molar-refractivity contribution in [3.63, 3.8) is 0 Å². The van der Waals surface area contributed by atoms with Gasteiger partial charge in [0.1, 0.15) is 5.75 Å². The van der Waals surface area contributed by atoms with Gasteiger partial charge in [-0.25, -0.2) is 0 Å². The zero-order valence-corrected chi connectivity index (χ0v) is 11.5. The fourth-order valence-corrected chi connectivity index (χ4v) is 1.93. The minimum Gasteiger partial charge on any atom is -0.508 e. The zero-order valence-electron chi connectivity index (χ0n) is 11.5. The molecule has 0 atom stereocenters. The molecule has 1 aromatic heterocycles. The predicted molar refractivity (Wildman–Crippen MR) is 77.9 cm³/mol. The van der Waals surface area contributed by atoms with Gasteiger partial charge in [-0.05, 0) is 55.4 Å². The van der Waals surface area contributed by atoms with E-state index >= 15 is 0 Å². The summed E-state index contributed by atoms with van der Waals surface area (Å²) in [7, 11) is 1.93. The number of hydrogen-bond acceptors (Lipinski definition) is 4. The van der Waals surface area contributed by atoms with Gasteiger partial charge in [-0.1, -0.05) is 0 Å². The van der Waals surface area contributed by atoms with Crippen molar-refractivity contribution in [3.05, 3.63) is 59.9 Å². The van der Waals surface area contributed by atoms with Crippen LogP contribution in [0.3, 0.4) is 0 Å². The molecule has 1 aromatic carbocycles. The quantitative estimate of drug-likeness (QED) is 0.817. The van der Waals surface area contributed by atoms with Gasteiger partial charge in [0.05, 0.1) is 6.54 Å². The number of aromatic nitrogens is 1. The molecule has 0 saturated heterocycles. The molecule has 104 valence electrons. The summed E-state index contributed by atoms with van der Waals surface area (Å²) in [6.45, 7) is 1.18. The fraction of sp³-hybridized carbons (Fsp3) is 0.250. The molecule has 0 fully saturated rings. The molecule has 0 unspecified atom stereocenters. The monoisotopic (exact) mass is 270 g/mol. The standard InChI is InChI=1S/C16H18N2O2/c1-18(11-8-13-6-9-17-10-7-13)12-16(20)14-2-4-15(19)5-3-14/h2-7,9-10,19H,8,11-12H2,1H3. The van der Waals surface area contributed by atoms with Crippen LogP contribution < -0.4 is 0 Å². The van der Waals surface area contributed by atoms with E-state index in [2.05, 4.69) is 4.98 Å². The van der Waals surface area contributed by atoms with Crippen molar-refractivity contribution >= 4 is 5.78 Å². The first kappa shape index (κ1) is 14.2. The number of benzene rings is 1.